The molecule has 1 unspecified atom stereocenters. The van der Waals surface area contributed by atoms with E-state index in [9.17, 15) is 9.59 Å². The smallest absolute Gasteiger partial charge is 0.242 e. The molecule has 5 nitrogen and oxygen atoms in total. The van der Waals surface area contributed by atoms with Crippen LogP contribution in [0.25, 0.3) is 0 Å². The van der Waals surface area contributed by atoms with Gasteiger partial charge in [-0.2, -0.15) is 0 Å². The number of carbonyl (C=O) groups excluding carboxylic acids is 2. The van der Waals surface area contributed by atoms with Gasteiger partial charge in [0.25, 0.3) is 0 Å². The second-order valence-electron chi connectivity index (χ2n) is 5.83. The maximum atomic E-state index is 11.9. The zero-order chi connectivity index (χ0) is 14.3. The molecule has 0 radical (unpaired) electrons. The molecular formula is C14H27N3O2. The van der Waals surface area contributed by atoms with Gasteiger partial charge in [-0.15, -0.1) is 0 Å². The molecule has 0 spiro atoms. The Hall–Kier alpha value is -1.10. The Bertz CT molecular complexity index is 299. The molecule has 1 aliphatic rings. The Balaban J connectivity index is 2.24. The summed E-state index contributed by atoms with van der Waals surface area (Å²) >= 11 is 0. The van der Waals surface area contributed by atoms with Crippen LogP contribution in [-0.2, 0) is 9.59 Å². The first-order valence-corrected chi connectivity index (χ1v) is 7.26. The van der Waals surface area contributed by atoms with Gasteiger partial charge in [-0.05, 0) is 44.7 Å². The molecule has 19 heavy (non-hydrogen) atoms. The first-order valence-electron chi connectivity index (χ1n) is 7.26. The third-order valence-corrected chi connectivity index (χ3v) is 3.39. The first-order chi connectivity index (χ1) is 8.99. The van der Waals surface area contributed by atoms with Crippen LogP contribution >= 0.6 is 0 Å². The van der Waals surface area contributed by atoms with E-state index in [4.69, 9.17) is 0 Å². The van der Waals surface area contributed by atoms with Gasteiger partial charge in [0, 0.05) is 13.0 Å². The van der Waals surface area contributed by atoms with E-state index >= 15 is 0 Å². The number of hydrogen-bond donors (Lipinski definition) is 3. The molecule has 0 aromatic rings. The molecule has 1 heterocycles. The van der Waals surface area contributed by atoms with Crippen molar-refractivity contribution >= 4 is 11.8 Å². The summed E-state index contributed by atoms with van der Waals surface area (Å²) in [7, 11) is 0. The Labute approximate surface area is 115 Å². The first kappa shape index (κ1) is 16.0. The molecule has 0 saturated carbocycles. The van der Waals surface area contributed by atoms with Crippen LogP contribution in [0.5, 0.6) is 0 Å². The number of hydrogen-bond acceptors (Lipinski definition) is 3. The predicted octanol–water partition coefficient (Wildman–Crippen LogP) is 0.653. The van der Waals surface area contributed by atoms with Crippen molar-refractivity contribution in [1.82, 2.24) is 16.0 Å². The summed E-state index contributed by atoms with van der Waals surface area (Å²) in [5, 5.41) is 8.88. The molecule has 0 aliphatic carbocycles. The van der Waals surface area contributed by atoms with Crippen LogP contribution in [0.4, 0.5) is 0 Å². The van der Waals surface area contributed by atoms with Crippen molar-refractivity contribution in [1.29, 1.82) is 0 Å². The lowest BCUT2D eigenvalue weighted by molar-refractivity contribution is -0.129. The topological polar surface area (TPSA) is 70.2 Å². The second kappa shape index (κ2) is 8.15. The van der Waals surface area contributed by atoms with E-state index in [1.807, 2.05) is 13.8 Å². The molecule has 2 amide bonds. The Morgan fingerprint density at radius 1 is 1.21 bits per heavy atom. The van der Waals surface area contributed by atoms with Crippen LogP contribution in [0.15, 0.2) is 0 Å². The standard InChI is InChI=1S/C14H27N3O2/c1-10(2)9-16-14(19)11(3)17-13(18)8-12-4-6-15-7-5-12/h10-12,15H,4-9H2,1-3H3,(H,16,19)(H,17,18). The fraction of sp³-hybridized carbons (Fsp3) is 0.857. The van der Waals surface area contributed by atoms with Crippen LogP contribution < -0.4 is 16.0 Å². The lowest BCUT2D eigenvalue weighted by atomic mass is 9.94. The summed E-state index contributed by atoms with van der Waals surface area (Å²) in [4.78, 5) is 23.6. The number of nitrogens with one attached hydrogen (secondary N) is 3. The van der Waals surface area contributed by atoms with Crippen molar-refractivity contribution < 1.29 is 9.59 Å². The predicted molar refractivity (Wildman–Crippen MR) is 75.7 cm³/mol. The average Bonchev–Trinajstić information content (AvgIpc) is 2.36. The van der Waals surface area contributed by atoms with E-state index in [2.05, 4.69) is 16.0 Å². The lowest BCUT2D eigenvalue weighted by Gasteiger charge is -2.23. The van der Waals surface area contributed by atoms with Crippen LogP contribution in [-0.4, -0.2) is 37.5 Å². The van der Waals surface area contributed by atoms with Crippen LogP contribution in [0.3, 0.4) is 0 Å². The lowest BCUT2D eigenvalue weighted by Crippen LogP contribution is -2.46. The van der Waals surface area contributed by atoms with E-state index in [0.717, 1.165) is 25.9 Å². The van der Waals surface area contributed by atoms with Gasteiger partial charge in [-0.1, -0.05) is 13.8 Å². The highest BCUT2D eigenvalue weighted by atomic mass is 16.2. The average molecular weight is 269 g/mol. The third kappa shape index (κ3) is 6.57. The van der Waals surface area contributed by atoms with Gasteiger partial charge < -0.3 is 16.0 Å². The van der Waals surface area contributed by atoms with Crippen LogP contribution in [0.2, 0.25) is 0 Å². The highest BCUT2D eigenvalue weighted by Crippen LogP contribution is 2.15. The van der Waals surface area contributed by atoms with E-state index in [-0.39, 0.29) is 11.8 Å². The summed E-state index contributed by atoms with van der Waals surface area (Å²) < 4.78 is 0. The molecule has 110 valence electrons. The van der Waals surface area contributed by atoms with Crippen molar-refractivity contribution in [3.63, 3.8) is 0 Å². The Morgan fingerprint density at radius 2 is 1.84 bits per heavy atom. The summed E-state index contributed by atoms with van der Waals surface area (Å²) in [6, 6.07) is -0.451. The molecule has 1 aliphatic heterocycles. The van der Waals surface area contributed by atoms with Gasteiger partial charge in [0.15, 0.2) is 0 Å². The van der Waals surface area contributed by atoms with Crippen LogP contribution in [0, 0.1) is 11.8 Å². The molecular weight excluding hydrogens is 242 g/mol. The summed E-state index contributed by atoms with van der Waals surface area (Å²) in [6.45, 7) is 8.44. The molecule has 5 heteroatoms. The number of rotatable bonds is 6. The number of amides is 2. The Kier molecular flexibility index (Phi) is 6.84. The maximum Gasteiger partial charge on any atom is 0.242 e. The molecule has 0 aromatic heterocycles. The van der Waals surface area contributed by atoms with Crippen LogP contribution in [0.1, 0.15) is 40.0 Å². The van der Waals surface area contributed by atoms with E-state index in [1.54, 1.807) is 6.92 Å². The largest absolute Gasteiger partial charge is 0.354 e. The molecule has 1 rings (SSSR count). The van der Waals surface area contributed by atoms with Crippen molar-refractivity contribution in [2.24, 2.45) is 11.8 Å². The zero-order valence-corrected chi connectivity index (χ0v) is 12.3. The minimum Gasteiger partial charge on any atom is -0.354 e. The summed E-state index contributed by atoms with van der Waals surface area (Å²) in [6.07, 6.45) is 2.62. The monoisotopic (exact) mass is 269 g/mol. The molecule has 0 bridgehead atoms. The SMILES string of the molecule is CC(C)CNC(=O)C(C)NC(=O)CC1CCNCC1. The molecule has 1 fully saturated rings. The zero-order valence-electron chi connectivity index (χ0n) is 12.3. The van der Waals surface area contributed by atoms with Gasteiger partial charge >= 0.3 is 0 Å². The van der Waals surface area contributed by atoms with Gasteiger partial charge in [0.05, 0.1) is 0 Å². The molecule has 1 saturated heterocycles. The second-order valence-corrected chi connectivity index (χ2v) is 5.83. The van der Waals surface area contributed by atoms with E-state index in [0.29, 0.717) is 24.8 Å². The van der Waals surface area contributed by atoms with E-state index < -0.39 is 6.04 Å². The van der Waals surface area contributed by atoms with Crippen molar-refractivity contribution in [3.05, 3.63) is 0 Å². The summed E-state index contributed by atoms with van der Waals surface area (Å²) in [5.74, 6) is 0.750. The van der Waals surface area contributed by atoms with Crippen molar-refractivity contribution in [2.45, 2.75) is 46.1 Å². The Morgan fingerprint density at radius 3 is 2.42 bits per heavy atom. The van der Waals surface area contributed by atoms with E-state index in [1.165, 1.54) is 0 Å². The fourth-order valence-electron chi connectivity index (χ4n) is 2.17. The van der Waals surface area contributed by atoms with Crippen molar-refractivity contribution in [2.75, 3.05) is 19.6 Å². The molecule has 1 atom stereocenters. The summed E-state index contributed by atoms with van der Waals surface area (Å²) in [5.41, 5.74) is 0. The molecule has 3 N–H and O–H groups in total. The maximum absolute atomic E-state index is 11.9. The fourth-order valence-corrected chi connectivity index (χ4v) is 2.17. The normalized spacial score (nSPS) is 18.1. The van der Waals surface area contributed by atoms with Gasteiger partial charge in [0.2, 0.25) is 11.8 Å². The highest BCUT2D eigenvalue weighted by Gasteiger charge is 2.20. The number of carbonyl (C=O) groups is 2. The minimum absolute atomic E-state index is 0.0147. The quantitative estimate of drug-likeness (QED) is 0.663. The van der Waals surface area contributed by atoms with Gasteiger partial charge in [0.1, 0.15) is 6.04 Å². The van der Waals surface area contributed by atoms with Crippen molar-refractivity contribution in [3.8, 4) is 0 Å². The highest BCUT2D eigenvalue weighted by molar-refractivity contribution is 5.87. The van der Waals surface area contributed by atoms with Gasteiger partial charge in [-0.25, -0.2) is 0 Å². The molecule has 0 aromatic carbocycles. The number of piperidine rings is 1. The third-order valence-electron chi connectivity index (χ3n) is 3.39. The minimum atomic E-state index is -0.451. The van der Waals surface area contributed by atoms with Gasteiger partial charge in [-0.3, -0.25) is 9.59 Å².